The molecular weight excluding hydrogens is 239 g/mol. The molecular formula is C13H17FO4. The SMILES string of the molecule is OC1O[C@H](COCc2ccccc2)[C@@H](CF)[C@H]1O. The van der Waals surface area contributed by atoms with Crippen molar-refractivity contribution in [2.24, 2.45) is 5.92 Å². The number of benzene rings is 1. The zero-order valence-electron chi connectivity index (χ0n) is 9.91. The molecule has 0 radical (unpaired) electrons. The van der Waals surface area contributed by atoms with Crippen molar-refractivity contribution in [1.29, 1.82) is 0 Å². The van der Waals surface area contributed by atoms with Crippen LogP contribution in [0.4, 0.5) is 4.39 Å². The minimum atomic E-state index is -1.32. The predicted octanol–water partition coefficient (Wildman–Crippen LogP) is 0.867. The van der Waals surface area contributed by atoms with Crippen LogP contribution in [-0.2, 0) is 16.1 Å². The molecule has 1 aliphatic heterocycles. The monoisotopic (exact) mass is 256 g/mol. The van der Waals surface area contributed by atoms with E-state index in [9.17, 15) is 14.6 Å². The molecule has 2 N–H and O–H groups in total. The number of rotatable bonds is 5. The molecule has 4 nitrogen and oxygen atoms in total. The third-order valence-electron chi connectivity index (χ3n) is 3.09. The highest BCUT2D eigenvalue weighted by atomic mass is 19.1. The Hall–Kier alpha value is -1.01. The molecule has 1 fully saturated rings. The fourth-order valence-electron chi connectivity index (χ4n) is 2.01. The van der Waals surface area contributed by atoms with Crippen LogP contribution in [0.15, 0.2) is 30.3 Å². The van der Waals surface area contributed by atoms with E-state index in [-0.39, 0.29) is 6.61 Å². The Balaban J connectivity index is 1.80. The second-order valence-electron chi connectivity index (χ2n) is 4.37. The molecule has 0 aliphatic carbocycles. The molecule has 1 heterocycles. The lowest BCUT2D eigenvalue weighted by molar-refractivity contribution is -0.137. The zero-order chi connectivity index (χ0) is 13.0. The number of hydrogen-bond donors (Lipinski definition) is 2. The maximum atomic E-state index is 12.7. The maximum Gasteiger partial charge on any atom is 0.181 e. The molecule has 1 aromatic rings. The summed E-state index contributed by atoms with van der Waals surface area (Å²) >= 11 is 0. The van der Waals surface area contributed by atoms with E-state index in [4.69, 9.17) is 9.47 Å². The Bertz CT molecular complexity index is 359. The Morgan fingerprint density at radius 2 is 1.94 bits per heavy atom. The summed E-state index contributed by atoms with van der Waals surface area (Å²) in [5.41, 5.74) is 1.01. The lowest BCUT2D eigenvalue weighted by Gasteiger charge is -2.16. The molecule has 1 aromatic carbocycles. The largest absolute Gasteiger partial charge is 0.387 e. The van der Waals surface area contributed by atoms with Gasteiger partial charge in [0.05, 0.1) is 26.0 Å². The summed E-state index contributed by atoms with van der Waals surface area (Å²) in [6.45, 7) is -0.193. The van der Waals surface area contributed by atoms with Crippen LogP contribution in [0.2, 0.25) is 0 Å². The van der Waals surface area contributed by atoms with Crippen LogP contribution < -0.4 is 0 Å². The molecule has 1 saturated heterocycles. The lowest BCUT2D eigenvalue weighted by Crippen LogP contribution is -2.30. The molecule has 18 heavy (non-hydrogen) atoms. The fourth-order valence-corrected chi connectivity index (χ4v) is 2.01. The summed E-state index contributed by atoms with van der Waals surface area (Å²) in [6, 6.07) is 9.57. The second kappa shape index (κ2) is 6.24. The first-order valence-electron chi connectivity index (χ1n) is 5.91. The number of ether oxygens (including phenoxy) is 2. The van der Waals surface area contributed by atoms with Crippen molar-refractivity contribution in [2.45, 2.75) is 25.1 Å². The highest BCUT2D eigenvalue weighted by Crippen LogP contribution is 2.26. The van der Waals surface area contributed by atoms with Gasteiger partial charge in [-0.3, -0.25) is 4.39 Å². The van der Waals surface area contributed by atoms with Gasteiger partial charge in [0.15, 0.2) is 6.29 Å². The fraction of sp³-hybridized carbons (Fsp3) is 0.538. The van der Waals surface area contributed by atoms with Gasteiger partial charge >= 0.3 is 0 Å². The van der Waals surface area contributed by atoms with E-state index in [0.29, 0.717) is 6.61 Å². The van der Waals surface area contributed by atoms with Crippen molar-refractivity contribution in [3.05, 3.63) is 35.9 Å². The Labute approximate surface area is 105 Å². The molecule has 0 aromatic heterocycles. The van der Waals surface area contributed by atoms with Crippen LogP contribution in [0.5, 0.6) is 0 Å². The number of aliphatic hydroxyl groups is 2. The Kier molecular flexibility index (Phi) is 4.66. The first-order valence-corrected chi connectivity index (χ1v) is 5.91. The van der Waals surface area contributed by atoms with Gasteiger partial charge in [0.2, 0.25) is 0 Å². The first kappa shape index (κ1) is 13.4. The number of hydrogen-bond acceptors (Lipinski definition) is 4. The molecule has 1 unspecified atom stereocenters. The van der Waals surface area contributed by atoms with Gasteiger partial charge in [-0.15, -0.1) is 0 Å². The molecule has 0 spiro atoms. The van der Waals surface area contributed by atoms with E-state index < -0.39 is 31.1 Å². The maximum absolute atomic E-state index is 12.7. The topological polar surface area (TPSA) is 58.9 Å². The Morgan fingerprint density at radius 1 is 1.22 bits per heavy atom. The molecule has 2 rings (SSSR count). The minimum absolute atomic E-state index is 0.150. The van der Waals surface area contributed by atoms with Gasteiger partial charge in [-0.2, -0.15) is 0 Å². The van der Waals surface area contributed by atoms with Crippen molar-refractivity contribution in [1.82, 2.24) is 0 Å². The van der Waals surface area contributed by atoms with Gasteiger partial charge in [-0.25, -0.2) is 0 Å². The van der Waals surface area contributed by atoms with Crippen LogP contribution in [-0.4, -0.2) is 42.0 Å². The van der Waals surface area contributed by atoms with Gasteiger partial charge in [-0.1, -0.05) is 30.3 Å². The molecule has 0 saturated carbocycles. The molecule has 0 bridgehead atoms. The minimum Gasteiger partial charge on any atom is -0.387 e. The van der Waals surface area contributed by atoms with E-state index in [2.05, 4.69) is 0 Å². The Morgan fingerprint density at radius 3 is 2.61 bits per heavy atom. The summed E-state index contributed by atoms with van der Waals surface area (Å²) in [5, 5.41) is 18.8. The molecule has 4 atom stereocenters. The standard InChI is InChI=1S/C13H17FO4/c14-6-10-11(18-13(16)12(10)15)8-17-7-9-4-2-1-3-5-9/h1-5,10-13,15-16H,6-8H2/t10-,11-,12-,13?/m1/s1. The van der Waals surface area contributed by atoms with Crippen LogP contribution in [0.25, 0.3) is 0 Å². The van der Waals surface area contributed by atoms with Crippen LogP contribution in [0, 0.1) is 5.92 Å². The van der Waals surface area contributed by atoms with Gasteiger partial charge in [-0.05, 0) is 5.56 Å². The van der Waals surface area contributed by atoms with E-state index in [1.54, 1.807) is 0 Å². The average molecular weight is 256 g/mol. The van der Waals surface area contributed by atoms with Gasteiger partial charge in [0, 0.05) is 5.92 Å². The number of halogens is 1. The summed E-state index contributed by atoms with van der Waals surface area (Å²) in [4.78, 5) is 0. The molecule has 5 heteroatoms. The normalized spacial score (nSPS) is 31.7. The van der Waals surface area contributed by atoms with Crippen molar-refractivity contribution >= 4 is 0 Å². The van der Waals surface area contributed by atoms with Crippen LogP contribution >= 0.6 is 0 Å². The van der Waals surface area contributed by atoms with Gasteiger partial charge in [0.25, 0.3) is 0 Å². The van der Waals surface area contributed by atoms with Gasteiger partial charge in [0.1, 0.15) is 6.10 Å². The highest BCUT2D eigenvalue weighted by Gasteiger charge is 2.42. The predicted molar refractivity (Wildman–Crippen MR) is 62.4 cm³/mol. The molecule has 100 valence electrons. The second-order valence-corrected chi connectivity index (χ2v) is 4.37. The molecule has 1 aliphatic rings. The summed E-state index contributed by atoms with van der Waals surface area (Å²) < 4.78 is 23.2. The lowest BCUT2D eigenvalue weighted by atomic mass is 10.0. The smallest absolute Gasteiger partial charge is 0.181 e. The third-order valence-corrected chi connectivity index (χ3v) is 3.09. The average Bonchev–Trinajstić information content (AvgIpc) is 2.66. The van der Waals surface area contributed by atoms with E-state index >= 15 is 0 Å². The summed E-state index contributed by atoms with van der Waals surface area (Å²) in [5.74, 6) is -0.726. The summed E-state index contributed by atoms with van der Waals surface area (Å²) in [6.07, 6.45) is -3.11. The third kappa shape index (κ3) is 3.05. The quantitative estimate of drug-likeness (QED) is 0.820. The summed E-state index contributed by atoms with van der Waals surface area (Å²) in [7, 11) is 0. The van der Waals surface area contributed by atoms with Crippen LogP contribution in [0.3, 0.4) is 0 Å². The highest BCUT2D eigenvalue weighted by molar-refractivity contribution is 5.13. The van der Waals surface area contributed by atoms with Gasteiger partial charge < -0.3 is 19.7 Å². The van der Waals surface area contributed by atoms with E-state index in [1.165, 1.54) is 0 Å². The van der Waals surface area contributed by atoms with Crippen LogP contribution in [0.1, 0.15) is 5.56 Å². The van der Waals surface area contributed by atoms with Crippen molar-refractivity contribution in [3.8, 4) is 0 Å². The van der Waals surface area contributed by atoms with E-state index in [1.807, 2.05) is 30.3 Å². The zero-order valence-corrected chi connectivity index (χ0v) is 9.91. The van der Waals surface area contributed by atoms with Crippen molar-refractivity contribution < 1.29 is 24.1 Å². The number of alkyl halides is 1. The van der Waals surface area contributed by atoms with E-state index in [0.717, 1.165) is 5.56 Å². The first-order chi connectivity index (χ1) is 8.72. The number of aliphatic hydroxyl groups excluding tert-OH is 2. The van der Waals surface area contributed by atoms with Crippen molar-refractivity contribution in [2.75, 3.05) is 13.3 Å². The molecule has 0 amide bonds. The van der Waals surface area contributed by atoms with Crippen molar-refractivity contribution in [3.63, 3.8) is 0 Å².